The van der Waals surface area contributed by atoms with E-state index in [-0.39, 0.29) is 24.2 Å². The molecule has 1 atom stereocenters. The number of methoxy groups -OCH3 is 1. The van der Waals surface area contributed by atoms with E-state index in [9.17, 15) is 9.59 Å². The standard InChI is InChI=1S/C23H30N6O3/c1-16-12-20(26(2)3)25-23(24-16)28-10-8-27(9-11-28)22(31)17-13-21(30)29(15-17)18-6-5-7-19(14-18)32-4/h5-7,12,14,17H,8-11,13,15H2,1-4H3. The average Bonchev–Trinajstić information content (AvgIpc) is 3.20. The van der Waals surface area contributed by atoms with Crippen LogP contribution in [-0.2, 0) is 9.59 Å². The number of benzene rings is 1. The first kappa shape index (κ1) is 21.9. The van der Waals surface area contributed by atoms with Gasteiger partial charge in [0.25, 0.3) is 0 Å². The molecule has 2 amide bonds. The number of hydrogen-bond donors (Lipinski definition) is 0. The van der Waals surface area contributed by atoms with Gasteiger partial charge in [0.1, 0.15) is 11.6 Å². The number of nitrogens with zero attached hydrogens (tertiary/aromatic N) is 6. The molecule has 1 aromatic carbocycles. The smallest absolute Gasteiger partial charge is 0.228 e. The summed E-state index contributed by atoms with van der Waals surface area (Å²) in [6.45, 7) is 4.89. The van der Waals surface area contributed by atoms with Crippen molar-refractivity contribution in [2.75, 3.05) is 68.6 Å². The van der Waals surface area contributed by atoms with Crippen LogP contribution in [0.15, 0.2) is 30.3 Å². The summed E-state index contributed by atoms with van der Waals surface area (Å²) < 4.78 is 5.26. The van der Waals surface area contributed by atoms with Crippen molar-refractivity contribution in [2.24, 2.45) is 5.92 Å². The summed E-state index contributed by atoms with van der Waals surface area (Å²) in [7, 11) is 5.51. The molecule has 0 aliphatic carbocycles. The third kappa shape index (κ3) is 4.46. The Labute approximate surface area is 188 Å². The Balaban J connectivity index is 1.38. The number of piperazine rings is 1. The van der Waals surface area contributed by atoms with Crippen LogP contribution < -0.4 is 19.4 Å². The fourth-order valence-electron chi connectivity index (χ4n) is 4.19. The zero-order valence-electron chi connectivity index (χ0n) is 19.1. The quantitative estimate of drug-likeness (QED) is 0.701. The number of hydrogen-bond acceptors (Lipinski definition) is 7. The number of ether oxygens (including phenoxy) is 1. The number of anilines is 3. The molecule has 2 aliphatic rings. The number of carbonyl (C=O) groups is 2. The number of aromatic nitrogens is 2. The molecule has 32 heavy (non-hydrogen) atoms. The minimum Gasteiger partial charge on any atom is -0.497 e. The van der Waals surface area contributed by atoms with Crippen molar-refractivity contribution in [3.8, 4) is 5.75 Å². The van der Waals surface area contributed by atoms with Gasteiger partial charge in [0, 0.05) is 76.8 Å². The van der Waals surface area contributed by atoms with Crippen LogP contribution >= 0.6 is 0 Å². The van der Waals surface area contributed by atoms with Gasteiger partial charge < -0.3 is 24.3 Å². The van der Waals surface area contributed by atoms with E-state index in [4.69, 9.17) is 4.74 Å². The highest BCUT2D eigenvalue weighted by molar-refractivity contribution is 6.00. The molecule has 1 unspecified atom stereocenters. The molecule has 0 radical (unpaired) electrons. The molecule has 0 N–H and O–H groups in total. The molecule has 9 heteroatoms. The van der Waals surface area contributed by atoms with Crippen LogP contribution in [-0.4, -0.2) is 80.6 Å². The number of carbonyl (C=O) groups excluding carboxylic acids is 2. The Hall–Kier alpha value is -3.36. The van der Waals surface area contributed by atoms with Crippen LogP contribution in [0.5, 0.6) is 5.75 Å². The zero-order valence-corrected chi connectivity index (χ0v) is 19.1. The minimum atomic E-state index is -0.323. The van der Waals surface area contributed by atoms with Crippen molar-refractivity contribution in [2.45, 2.75) is 13.3 Å². The number of aryl methyl sites for hydroxylation is 1. The van der Waals surface area contributed by atoms with Crippen molar-refractivity contribution in [1.82, 2.24) is 14.9 Å². The molecule has 0 bridgehead atoms. The predicted molar refractivity (Wildman–Crippen MR) is 123 cm³/mol. The van der Waals surface area contributed by atoms with Gasteiger partial charge in [-0.3, -0.25) is 9.59 Å². The lowest BCUT2D eigenvalue weighted by Crippen LogP contribution is -2.51. The second kappa shape index (κ2) is 9.02. The molecule has 4 rings (SSSR count). The Morgan fingerprint density at radius 3 is 2.56 bits per heavy atom. The summed E-state index contributed by atoms with van der Waals surface area (Å²) in [5.41, 5.74) is 1.68. The minimum absolute atomic E-state index is 0.0281. The first-order chi connectivity index (χ1) is 15.4. The molecule has 9 nitrogen and oxygen atoms in total. The van der Waals surface area contributed by atoms with Crippen LogP contribution in [0, 0.1) is 12.8 Å². The van der Waals surface area contributed by atoms with E-state index in [1.165, 1.54) is 0 Å². The van der Waals surface area contributed by atoms with E-state index >= 15 is 0 Å². The maximum absolute atomic E-state index is 13.2. The molecular formula is C23H30N6O3. The normalized spacial score (nSPS) is 18.8. The van der Waals surface area contributed by atoms with E-state index in [2.05, 4.69) is 14.9 Å². The summed E-state index contributed by atoms with van der Waals surface area (Å²) >= 11 is 0. The number of rotatable bonds is 5. The highest BCUT2D eigenvalue weighted by Gasteiger charge is 2.38. The van der Waals surface area contributed by atoms with Crippen molar-refractivity contribution in [3.05, 3.63) is 36.0 Å². The third-order valence-electron chi connectivity index (χ3n) is 6.00. The summed E-state index contributed by atoms with van der Waals surface area (Å²) in [5, 5.41) is 0. The van der Waals surface area contributed by atoms with Crippen molar-refractivity contribution in [3.63, 3.8) is 0 Å². The third-order valence-corrected chi connectivity index (χ3v) is 6.00. The lowest BCUT2D eigenvalue weighted by molar-refractivity contribution is -0.136. The van der Waals surface area contributed by atoms with Gasteiger partial charge in [0.15, 0.2) is 0 Å². The molecule has 0 saturated carbocycles. The summed E-state index contributed by atoms with van der Waals surface area (Å²) in [6.07, 6.45) is 0.240. The molecule has 0 spiro atoms. The summed E-state index contributed by atoms with van der Waals surface area (Å²) in [6, 6.07) is 9.34. The van der Waals surface area contributed by atoms with Crippen molar-refractivity contribution < 1.29 is 14.3 Å². The Morgan fingerprint density at radius 2 is 1.88 bits per heavy atom. The van der Waals surface area contributed by atoms with Gasteiger partial charge in [-0.05, 0) is 19.1 Å². The van der Waals surface area contributed by atoms with Gasteiger partial charge >= 0.3 is 0 Å². The van der Waals surface area contributed by atoms with Crippen molar-refractivity contribution in [1.29, 1.82) is 0 Å². The number of amides is 2. The average molecular weight is 439 g/mol. The monoisotopic (exact) mass is 438 g/mol. The van der Waals surface area contributed by atoms with Gasteiger partial charge in [-0.15, -0.1) is 0 Å². The lowest BCUT2D eigenvalue weighted by Gasteiger charge is -2.36. The topological polar surface area (TPSA) is 82.1 Å². The highest BCUT2D eigenvalue weighted by atomic mass is 16.5. The Morgan fingerprint density at radius 1 is 1.12 bits per heavy atom. The van der Waals surface area contributed by atoms with Crippen LogP contribution in [0.2, 0.25) is 0 Å². The molecule has 2 saturated heterocycles. The summed E-state index contributed by atoms with van der Waals surface area (Å²) in [5.74, 6) is 1.95. The van der Waals surface area contributed by atoms with Crippen molar-refractivity contribution >= 4 is 29.3 Å². The van der Waals surface area contributed by atoms with E-state index in [1.807, 2.05) is 61.2 Å². The van der Waals surface area contributed by atoms with E-state index in [0.717, 1.165) is 17.2 Å². The predicted octanol–water partition coefficient (Wildman–Crippen LogP) is 1.56. The molecule has 2 aromatic rings. The van der Waals surface area contributed by atoms with Crippen LogP contribution in [0.3, 0.4) is 0 Å². The van der Waals surface area contributed by atoms with Gasteiger partial charge in [-0.1, -0.05) is 6.07 Å². The van der Waals surface area contributed by atoms with Crippen LogP contribution in [0.4, 0.5) is 17.5 Å². The molecule has 1 aromatic heterocycles. The Bertz CT molecular complexity index is 1000. The zero-order chi connectivity index (χ0) is 22.8. The molecule has 2 aliphatic heterocycles. The summed E-state index contributed by atoms with van der Waals surface area (Å²) in [4.78, 5) is 42.6. The van der Waals surface area contributed by atoms with Gasteiger partial charge in [0.05, 0.1) is 13.0 Å². The van der Waals surface area contributed by atoms with Gasteiger partial charge in [-0.25, -0.2) is 4.98 Å². The molecular weight excluding hydrogens is 408 g/mol. The fourth-order valence-corrected chi connectivity index (χ4v) is 4.19. The van der Waals surface area contributed by atoms with E-state index < -0.39 is 0 Å². The first-order valence-corrected chi connectivity index (χ1v) is 10.9. The van der Waals surface area contributed by atoms with Gasteiger partial charge in [-0.2, -0.15) is 4.98 Å². The van der Waals surface area contributed by atoms with Crippen LogP contribution in [0.25, 0.3) is 0 Å². The lowest BCUT2D eigenvalue weighted by atomic mass is 10.1. The molecule has 2 fully saturated rings. The van der Waals surface area contributed by atoms with E-state index in [0.29, 0.717) is 44.4 Å². The maximum Gasteiger partial charge on any atom is 0.228 e. The fraction of sp³-hybridized carbons (Fsp3) is 0.478. The van der Waals surface area contributed by atoms with Crippen LogP contribution in [0.1, 0.15) is 12.1 Å². The molecule has 170 valence electrons. The van der Waals surface area contributed by atoms with E-state index in [1.54, 1.807) is 12.0 Å². The maximum atomic E-state index is 13.2. The largest absolute Gasteiger partial charge is 0.497 e. The highest BCUT2D eigenvalue weighted by Crippen LogP contribution is 2.29. The second-order valence-electron chi connectivity index (χ2n) is 8.48. The first-order valence-electron chi connectivity index (χ1n) is 10.9. The molecule has 3 heterocycles. The van der Waals surface area contributed by atoms with Gasteiger partial charge in [0.2, 0.25) is 17.8 Å². The SMILES string of the molecule is COc1cccc(N2CC(C(=O)N3CCN(c4nc(C)cc(N(C)C)n4)CC3)CC2=O)c1. The second-order valence-corrected chi connectivity index (χ2v) is 8.48. The Kier molecular flexibility index (Phi) is 6.16.